The second-order valence-electron chi connectivity index (χ2n) is 8.96. The first-order valence-electron chi connectivity index (χ1n) is 11.9. The van der Waals surface area contributed by atoms with Crippen LogP contribution in [0, 0.1) is 0 Å². The van der Waals surface area contributed by atoms with Crippen LogP contribution in [0.1, 0.15) is 18.4 Å². The van der Waals surface area contributed by atoms with Crippen LogP contribution in [0.15, 0.2) is 77.7 Å². The van der Waals surface area contributed by atoms with Crippen molar-refractivity contribution < 1.29 is 37.4 Å². The Morgan fingerprint density at radius 1 is 0.973 bits per heavy atom. The molecule has 0 saturated carbocycles. The summed E-state index contributed by atoms with van der Waals surface area (Å²) in [5, 5.41) is 9.18. The Bertz CT molecular complexity index is 1350. The number of carbonyl (C=O) groups excluding carboxylic acids is 1. The zero-order valence-electron chi connectivity index (χ0n) is 20.0. The second kappa shape index (κ2) is 10.4. The van der Waals surface area contributed by atoms with Gasteiger partial charge in [0.15, 0.2) is 14.6 Å². The van der Waals surface area contributed by atoms with E-state index in [0.29, 0.717) is 12.2 Å². The standard InChI is InChI=1S/C27H27NO8S/c29-26(28-30)27(12-14-33-15-13-27)37(31,32)24-9-6-20(7-10-24)34-18-23-17-19-16-22(8-11-25(19)36-23)35-21-4-2-1-3-5-21/h1-11,16,23,30H,12-15,17-18H2,(H,28,29). The van der Waals surface area contributed by atoms with Crippen molar-refractivity contribution in [2.24, 2.45) is 0 Å². The van der Waals surface area contributed by atoms with Crippen molar-refractivity contribution >= 4 is 15.7 Å². The molecule has 10 heteroatoms. The number of para-hydroxylation sites is 1. The average Bonchev–Trinajstić information content (AvgIpc) is 3.35. The number of ether oxygens (including phenoxy) is 4. The van der Waals surface area contributed by atoms with Gasteiger partial charge in [-0.2, -0.15) is 0 Å². The minimum atomic E-state index is -4.09. The van der Waals surface area contributed by atoms with Crippen LogP contribution in [-0.4, -0.2) is 50.2 Å². The molecule has 2 aliphatic rings. The lowest BCUT2D eigenvalue weighted by atomic mass is 9.98. The number of hydrogen-bond donors (Lipinski definition) is 2. The Morgan fingerprint density at radius 3 is 2.38 bits per heavy atom. The quantitative estimate of drug-likeness (QED) is 0.338. The largest absolute Gasteiger partial charge is 0.490 e. The summed E-state index contributed by atoms with van der Waals surface area (Å²) in [5.74, 6) is 1.78. The van der Waals surface area contributed by atoms with E-state index in [1.165, 1.54) is 17.6 Å². The van der Waals surface area contributed by atoms with Gasteiger partial charge < -0.3 is 18.9 Å². The zero-order chi connectivity index (χ0) is 25.9. The van der Waals surface area contributed by atoms with E-state index < -0.39 is 20.5 Å². The Kier molecular flexibility index (Phi) is 7.05. The summed E-state index contributed by atoms with van der Waals surface area (Å²) in [7, 11) is -4.09. The molecule has 0 spiro atoms. The number of benzene rings is 3. The van der Waals surface area contributed by atoms with Crippen molar-refractivity contribution in [3.63, 3.8) is 0 Å². The second-order valence-corrected chi connectivity index (χ2v) is 11.2. The highest BCUT2D eigenvalue weighted by atomic mass is 32.2. The molecule has 1 unspecified atom stereocenters. The number of carbonyl (C=O) groups is 1. The number of rotatable bonds is 8. The molecular weight excluding hydrogens is 498 g/mol. The molecule has 194 valence electrons. The molecule has 1 fully saturated rings. The first-order chi connectivity index (χ1) is 17.9. The molecule has 2 aliphatic heterocycles. The van der Waals surface area contributed by atoms with Crippen molar-refractivity contribution in [2.45, 2.75) is 35.0 Å². The van der Waals surface area contributed by atoms with E-state index in [1.807, 2.05) is 48.5 Å². The zero-order valence-corrected chi connectivity index (χ0v) is 20.8. The summed E-state index contributed by atoms with van der Waals surface area (Å²) in [6.45, 7) is 0.485. The van der Waals surface area contributed by atoms with Crippen LogP contribution < -0.4 is 19.7 Å². The van der Waals surface area contributed by atoms with Crippen molar-refractivity contribution in [1.29, 1.82) is 0 Å². The van der Waals surface area contributed by atoms with Gasteiger partial charge in [-0.25, -0.2) is 13.9 Å². The van der Waals surface area contributed by atoms with Crippen LogP contribution in [0.3, 0.4) is 0 Å². The smallest absolute Gasteiger partial charge is 0.265 e. The molecule has 5 rings (SSSR count). The van der Waals surface area contributed by atoms with E-state index in [2.05, 4.69) is 0 Å². The van der Waals surface area contributed by atoms with Crippen LogP contribution in [0.2, 0.25) is 0 Å². The molecule has 2 heterocycles. The summed E-state index contributed by atoms with van der Waals surface area (Å²) in [5.41, 5.74) is 2.54. The van der Waals surface area contributed by atoms with E-state index in [-0.39, 0.29) is 43.7 Å². The van der Waals surface area contributed by atoms with E-state index >= 15 is 0 Å². The maximum atomic E-state index is 13.4. The highest BCUT2D eigenvalue weighted by molar-refractivity contribution is 7.93. The lowest BCUT2D eigenvalue weighted by Gasteiger charge is -2.34. The highest BCUT2D eigenvalue weighted by Gasteiger charge is 2.52. The van der Waals surface area contributed by atoms with Crippen molar-refractivity contribution in [2.75, 3.05) is 19.8 Å². The first kappa shape index (κ1) is 25.1. The number of amides is 1. The van der Waals surface area contributed by atoms with Gasteiger partial charge in [0.1, 0.15) is 35.7 Å². The molecule has 9 nitrogen and oxygen atoms in total. The summed E-state index contributed by atoms with van der Waals surface area (Å²) >= 11 is 0. The van der Waals surface area contributed by atoms with Crippen molar-refractivity contribution in [3.8, 4) is 23.0 Å². The fourth-order valence-corrected chi connectivity index (χ4v) is 6.57. The van der Waals surface area contributed by atoms with Crippen LogP contribution in [0.4, 0.5) is 0 Å². The van der Waals surface area contributed by atoms with Crippen molar-refractivity contribution in [1.82, 2.24) is 5.48 Å². The lowest BCUT2D eigenvalue weighted by molar-refractivity contribution is -0.134. The van der Waals surface area contributed by atoms with E-state index in [9.17, 15) is 18.4 Å². The number of nitrogens with one attached hydrogen (secondary N) is 1. The van der Waals surface area contributed by atoms with Crippen LogP contribution in [0.25, 0.3) is 0 Å². The Hall–Kier alpha value is -3.60. The molecule has 1 atom stereocenters. The number of sulfone groups is 1. The van der Waals surface area contributed by atoms with Gasteiger partial charge in [0.25, 0.3) is 5.91 Å². The summed E-state index contributed by atoms with van der Waals surface area (Å²) in [6, 6.07) is 21.1. The van der Waals surface area contributed by atoms with E-state index in [1.54, 1.807) is 12.1 Å². The van der Waals surface area contributed by atoms with Gasteiger partial charge in [-0.1, -0.05) is 18.2 Å². The van der Waals surface area contributed by atoms with Crippen LogP contribution in [-0.2, 0) is 25.8 Å². The third kappa shape index (κ3) is 5.00. The van der Waals surface area contributed by atoms with Crippen molar-refractivity contribution in [3.05, 3.63) is 78.4 Å². The fraction of sp³-hybridized carbons (Fsp3) is 0.296. The molecule has 0 aliphatic carbocycles. The third-order valence-electron chi connectivity index (χ3n) is 6.65. The van der Waals surface area contributed by atoms with Gasteiger partial charge in [-0.3, -0.25) is 10.0 Å². The Balaban J connectivity index is 1.21. The van der Waals surface area contributed by atoms with E-state index in [0.717, 1.165) is 22.8 Å². The molecule has 1 amide bonds. The average molecular weight is 526 g/mol. The molecule has 37 heavy (non-hydrogen) atoms. The summed E-state index contributed by atoms with van der Waals surface area (Å²) in [6.07, 6.45) is 0.355. The molecule has 1 saturated heterocycles. The molecule has 0 radical (unpaired) electrons. The van der Waals surface area contributed by atoms with Crippen LogP contribution in [0.5, 0.6) is 23.0 Å². The molecule has 3 aromatic carbocycles. The molecular formula is C27H27NO8S. The predicted octanol–water partition coefficient (Wildman–Crippen LogP) is 3.69. The highest BCUT2D eigenvalue weighted by Crippen LogP contribution is 2.36. The van der Waals surface area contributed by atoms with Gasteiger partial charge in [0, 0.05) is 25.2 Å². The monoisotopic (exact) mass is 525 g/mol. The summed E-state index contributed by atoms with van der Waals surface area (Å²) in [4.78, 5) is 12.4. The van der Waals surface area contributed by atoms with Gasteiger partial charge >= 0.3 is 0 Å². The first-order valence-corrected chi connectivity index (χ1v) is 13.4. The number of hydroxylamine groups is 1. The van der Waals surface area contributed by atoms with E-state index in [4.69, 9.17) is 18.9 Å². The Labute approximate surface area is 214 Å². The van der Waals surface area contributed by atoms with Gasteiger partial charge in [-0.15, -0.1) is 0 Å². The predicted molar refractivity (Wildman–Crippen MR) is 133 cm³/mol. The normalized spacial score (nSPS) is 18.4. The fourth-order valence-electron chi connectivity index (χ4n) is 4.63. The minimum absolute atomic E-state index is 0.0270. The van der Waals surface area contributed by atoms with Gasteiger partial charge in [-0.05, 0) is 67.4 Å². The number of fused-ring (bicyclic) bond motifs is 1. The summed E-state index contributed by atoms with van der Waals surface area (Å²) < 4.78 is 47.9. The number of hydrogen-bond acceptors (Lipinski definition) is 8. The van der Waals surface area contributed by atoms with Crippen LogP contribution >= 0.6 is 0 Å². The maximum Gasteiger partial charge on any atom is 0.265 e. The maximum absolute atomic E-state index is 13.4. The molecule has 3 aromatic rings. The topological polar surface area (TPSA) is 120 Å². The molecule has 0 aromatic heterocycles. The Morgan fingerprint density at radius 2 is 1.68 bits per heavy atom. The lowest BCUT2D eigenvalue weighted by Crippen LogP contribution is -2.54. The molecule has 0 bridgehead atoms. The third-order valence-corrected chi connectivity index (χ3v) is 9.17. The minimum Gasteiger partial charge on any atom is -0.490 e. The SMILES string of the molecule is O=C(NO)C1(S(=O)(=O)c2ccc(OCC3Cc4cc(Oc5ccccc5)ccc4O3)cc2)CCOCC1. The van der Waals surface area contributed by atoms with Gasteiger partial charge in [0.2, 0.25) is 0 Å². The van der Waals surface area contributed by atoms with Gasteiger partial charge in [0.05, 0.1) is 4.90 Å². The molecule has 2 N–H and O–H groups in total.